The molecule has 5 nitrogen and oxygen atoms in total. The van der Waals surface area contributed by atoms with E-state index in [2.05, 4.69) is 20.6 Å². The van der Waals surface area contributed by atoms with E-state index in [1.807, 2.05) is 30.3 Å². The fourth-order valence-electron chi connectivity index (χ4n) is 2.53. The number of hydrogen-bond donors (Lipinski definition) is 2. The summed E-state index contributed by atoms with van der Waals surface area (Å²) in [5.74, 6) is 0.306. The van der Waals surface area contributed by atoms with Crippen LogP contribution >= 0.6 is 0 Å². The summed E-state index contributed by atoms with van der Waals surface area (Å²) in [6, 6.07) is 11.6. The van der Waals surface area contributed by atoms with E-state index in [0.717, 1.165) is 18.5 Å². The van der Waals surface area contributed by atoms with Crippen molar-refractivity contribution in [2.45, 2.75) is 31.7 Å². The highest BCUT2D eigenvalue weighted by atomic mass is 16.1. The molecule has 1 amide bonds. The van der Waals surface area contributed by atoms with Crippen molar-refractivity contribution in [3.05, 3.63) is 48.3 Å². The maximum atomic E-state index is 12.2. The molecule has 2 aromatic rings. The molecule has 108 valence electrons. The van der Waals surface area contributed by atoms with Crippen LogP contribution in [0, 0.1) is 0 Å². The average molecular weight is 282 g/mol. The summed E-state index contributed by atoms with van der Waals surface area (Å²) < 4.78 is 0. The lowest BCUT2D eigenvalue weighted by atomic mass is 10.2. The second-order valence-electron chi connectivity index (χ2n) is 5.21. The van der Waals surface area contributed by atoms with E-state index < -0.39 is 0 Å². The van der Waals surface area contributed by atoms with E-state index in [1.165, 1.54) is 12.8 Å². The molecule has 1 heterocycles. The summed E-state index contributed by atoms with van der Waals surface area (Å²) in [5, 5.41) is 6.12. The summed E-state index contributed by atoms with van der Waals surface area (Å²) in [6.45, 7) is 0. The molecule has 1 fully saturated rings. The van der Waals surface area contributed by atoms with E-state index in [9.17, 15) is 4.79 Å². The van der Waals surface area contributed by atoms with Gasteiger partial charge in [-0.25, -0.2) is 9.97 Å². The first kappa shape index (κ1) is 13.5. The zero-order valence-electron chi connectivity index (χ0n) is 11.7. The summed E-state index contributed by atoms with van der Waals surface area (Å²) >= 11 is 0. The van der Waals surface area contributed by atoms with Crippen LogP contribution in [0.25, 0.3) is 0 Å². The van der Waals surface area contributed by atoms with Crippen LogP contribution in [0.2, 0.25) is 0 Å². The van der Waals surface area contributed by atoms with Crippen molar-refractivity contribution < 1.29 is 4.79 Å². The molecule has 2 N–H and O–H groups in total. The highest BCUT2D eigenvalue weighted by Crippen LogP contribution is 2.18. The molecule has 1 aliphatic rings. The third-order valence-electron chi connectivity index (χ3n) is 3.61. The number of nitrogens with zero attached hydrogens (tertiary/aromatic N) is 2. The van der Waals surface area contributed by atoms with Crippen molar-refractivity contribution in [3.63, 3.8) is 0 Å². The number of benzene rings is 1. The van der Waals surface area contributed by atoms with Crippen LogP contribution < -0.4 is 10.6 Å². The number of amides is 1. The smallest absolute Gasteiger partial charge is 0.270 e. The molecular weight excluding hydrogens is 264 g/mol. The van der Waals surface area contributed by atoms with Crippen LogP contribution in [0.1, 0.15) is 36.2 Å². The van der Waals surface area contributed by atoms with Crippen molar-refractivity contribution in [3.8, 4) is 0 Å². The number of aromatic nitrogens is 2. The summed E-state index contributed by atoms with van der Waals surface area (Å²) in [7, 11) is 0. The SMILES string of the molecule is O=C(NC1CCCC1)c1ccnc(Nc2ccccc2)n1. The minimum atomic E-state index is -0.125. The Morgan fingerprint density at radius 1 is 1.10 bits per heavy atom. The van der Waals surface area contributed by atoms with Crippen LogP contribution in [-0.4, -0.2) is 21.9 Å². The van der Waals surface area contributed by atoms with Gasteiger partial charge in [0.25, 0.3) is 5.91 Å². The number of rotatable bonds is 4. The number of carbonyl (C=O) groups is 1. The molecule has 0 unspecified atom stereocenters. The number of hydrogen-bond acceptors (Lipinski definition) is 4. The molecule has 5 heteroatoms. The molecular formula is C16H18N4O. The molecule has 1 aromatic heterocycles. The Kier molecular flexibility index (Phi) is 4.09. The molecule has 21 heavy (non-hydrogen) atoms. The monoisotopic (exact) mass is 282 g/mol. The van der Waals surface area contributed by atoms with E-state index in [1.54, 1.807) is 12.3 Å². The second kappa shape index (κ2) is 6.35. The predicted molar refractivity (Wildman–Crippen MR) is 81.5 cm³/mol. The van der Waals surface area contributed by atoms with E-state index >= 15 is 0 Å². The Bertz CT molecular complexity index is 609. The molecule has 0 spiro atoms. The molecule has 1 aromatic carbocycles. The summed E-state index contributed by atoms with van der Waals surface area (Å²) in [6.07, 6.45) is 6.10. The quantitative estimate of drug-likeness (QED) is 0.905. The highest BCUT2D eigenvalue weighted by molar-refractivity contribution is 5.92. The van der Waals surface area contributed by atoms with Gasteiger partial charge in [0.15, 0.2) is 0 Å². The second-order valence-corrected chi connectivity index (χ2v) is 5.21. The molecule has 3 rings (SSSR count). The lowest BCUT2D eigenvalue weighted by Crippen LogP contribution is -2.33. The minimum Gasteiger partial charge on any atom is -0.348 e. The molecule has 1 saturated carbocycles. The number of nitrogens with one attached hydrogen (secondary N) is 2. The van der Waals surface area contributed by atoms with Crippen molar-refractivity contribution in [1.82, 2.24) is 15.3 Å². The molecule has 0 radical (unpaired) electrons. The first-order valence-electron chi connectivity index (χ1n) is 7.27. The maximum Gasteiger partial charge on any atom is 0.270 e. The standard InChI is InChI=1S/C16H18N4O/c21-15(18-12-8-4-5-9-12)14-10-11-17-16(20-14)19-13-6-2-1-3-7-13/h1-3,6-7,10-12H,4-5,8-9H2,(H,18,21)(H,17,19,20). The van der Waals surface area contributed by atoms with Crippen LogP contribution in [-0.2, 0) is 0 Å². The minimum absolute atomic E-state index is 0.125. The first-order valence-corrected chi connectivity index (χ1v) is 7.27. The zero-order chi connectivity index (χ0) is 14.5. The third kappa shape index (κ3) is 3.56. The number of anilines is 2. The predicted octanol–water partition coefficient (Wildman–Crippen LogP) is 2.89. The molecule has 1 aliphatic carbocycles. The van der Waals surface area contributed by atoms with Gasteiger partial charge in [0, 0.05) is 17.9 Å². The topological polar surface area (TPSA) is 66.9 Å². The number of carbonyl (C=O) groups excluding carboxylic acids is 1. The van der Waals surface area contributed by atoms with Gasteiger partial charge < -0.3 is 10.6 Å². The van der Waals surface area contributed by atoms with E-state index in [-0.39, 0.29) is 11.9 Å². The Balaban J connectivity index is 1.69. The van der Waals surface area contributed by atoms with Gasteiger partial charge >= 0.3 is 0 Å². The van der Waals surface area contributed by atoms with Gasteiger partial charge in [-0.05, 0) is 31.0 Å². The normalized spacial score (nSPS) is 14.9. The van der Waals surface area contributed by atoms with Crippen molar-refractivity contribution in [2.24, 2.45) is 0 Å². The zero-order valence-corrected chi connectivity index (χ0v) is 11.7. The number of para-hydroxylation sites is 1. The molecule has 0 saturated heterocycles. The van der Waals surface area contributed by atoms with Crippen LogP contribution in [0.15, 0.2) is 42.6 Å². The van der Waals surface area contributed by atoms with Crippen molar-refractivity contribution >= 4 is 17.5 Å². The van der Waals surface area contributed by atoms with Gasteiger partial charge in [0.2, 0.25) is 5.95 Å². The van der Waals surface area contributed by atoms with Crippen LogP contribution in [0.4, 0.5) is 11.6 Å². The maximum absolute atomic E-state index is 12.2. The fourth-order valence-corrected chi connectivity index (χ4v) is 2.53. The molecule has 0 bridgehead atoms. The third-order valence-corrected chi connectivity index (χ3v) is 3.61. The Hall–Kier alpha value is -2.43. The first-order chi connectivity index (χ1) is 10.3. The van der Waals surface area contributed by atoms with E-state index in [4.69, 9.17) is 0 Å². The Labute approximate surface area is 123 Å². The summed E-state index contributed by atoms with van der Waals surface area (Å²) in [5.41, 5.74) is 1.29. The molecule has 0 aliphatic heterocycles. The van der Waals surface area contributed by atoms with Gasteiger partial charge in [0.05, 0.1) is 0 Å². The lowest BCUT2D eigenvalue weighted by Gasteiger charge is -2.11. The van der Waals surface area contributed by atoms with Gasteiger partial charge in [-0.3, -0.25) is 4.79 Å². The molecule has 0 atom stereocenters. The van der Waals surface area contributed by atoms with Gasteiger partial charge in [-0.1, -0.05) is 31.0 Å². The van der Waals surface area contributed by atoms with Crippen LogP contribution in [0.5, 0.6) is 0 Å². The van der Waals surface area contributed by atoms with E-state index in [0.29, 0.717) is 11.6 Å². The Morgan fingerprint density at radius 3 is 2.62 bits per heavy atom. The van der Waals surface area contributed by atoms with Gasteiger partial charge in [0.1, 0.15) is 5.69 Å². The van der Waals surface area contributed by atoms with Gasteiger partial charge in [-0.2, -0.15) is 0 Å². The largest absolute Gasteiger partial charge is 0.348 e. The van der Waals surface area contributed by atoms with Crippen LogP contribution in [0.3, 0.4) is 0 Å². The highest BCUT2D eigenvalue weighted by Gasteiger charge is 2.18. The van der Waals surface area contributed by atoms with Gasteiger partial charge in [-0.15, -0.1) is 0 Å². The fraction of sp³-hybridized carbons (Fsp3) is 0.312. The lowest BCUT2D eigenvalue weighted by molar-refractivity contribution is 0.0933. The van der Waals surface area contributed by atoms with Crippen molar-refractivity contribution in [2.75, 3.05) is 5.32 Å². The van der Waals surface area contributed by atoms with Crippen molar-refractivity contribution in [1.29, 1.82) is 0 Å². The Morgan fingerprint density at radius 2 is 1.86 bits per heavy atom. The average Bonchev–Trinajstić information content (AvgIpc) is 3.01. The summed E-state index contributed by atoms with van der Waals surface area (Å²) in [4.78, 5) is 20.6.